The average Bonchev–Trinajstić information content (AvgIpc) is 2.57. The summed E-state index contributed by atoms with van der Waals surface area (Å²) in [6, 6.07) is 8.10. The van der Waals surface area contributed by atoms with Crippen molar-refractivity contribution in [2.45, 2.75) is 32.3 Å². The van der Waals surface area contributed by atoms with Gasteiger partial charge in [-0.3, -0.25) is 4.79 Å². The Kier molecular flexibility index (Phi) is 5.03. The minimum absolute atomic E-state index is 0.0754. The number of hydrogen-bond donors (Lipinski definition) is 0. The molecule has 1 atom stereocenters. The molecule has 2 aromatic rings. The van der Waals surface area contributed by atoms with E-state index in [4.69, 9.17) is 4.74 Å². The van der Waals surface area contributed by atoms with Gasteiger partial charge in [-0.05, 0) is 31.4 Å². The topological polar surface area (TPSA) is 55.3 Å². The van der Waals surface area contributed by atoms with Gasteiger partial charge in [0, 0.05) is 18.8 Å². The molecule has 0 aliphatic carbocycles. The number of ether oxygens (including phenoxy) is 1. The standard InChI is InChI=1S/C18H20FN3O2/c1-13-20-9-8-17(21-13)24-15-6-4-10-22(12-15)18(23)11-14-5-2-3-7-16(14)19/h2-3,5,7-9,15H,4,6,10-12H2,1H3. The first-order valence-electron chi connectivity index (χ1n) is 8.09. The number of nitrogens with zero attached hydrogens (tertiary/aromatic N) is 3. The Bertz CT molecular complexity index is 723. The molecular formula is C18H20FN3O2. The second-order valence-electron chi connectivity index (χ2n) is 5.93. The molecule has 1 saturated heterocycles. The molecule has 0 radical (unpaired) electrons. The van der Waals surface area contributed by atoms with E-state index in [0.29, 0.717) is 30.4 Å². The van der Waals surface area contributed by atoms with Crippen molar-refractivity contribution in [3.8, 4) is 5.88 Å². The number of piperidine rings is 1. The lowest BCUT2D eigenvalue weighted by Gasteiger charge is -2.32. The maximum Gasteiger partial charge on any atom is 0.227 e. The fourth-order valence-electron chi connectivity index (χ4n) is 2.85. The van der Waals surface area contributed by atoms with Crippen LogP contribution in [-0.2, 0) is 11.2 Å². The largest absolute Gasteiger partial charge is 0.472 e. The van der Waals surface area contributed by atoms with Gasteiger partial charge in [0.25, 0.3) is 0 Å². The second kappa shape index (κ2) is 7.38. The van der Waals surface area contributed by atoms with E-state index in [1.165, 1.54) is 6.07 Å². The van der Waals surface area contributed by atoms with E-state index in [0.717, 1.165) is 12.8 Å². The van der Waals surface area contributed by atoms with Crippen LogP contribution in [0.3, 0.4) is 0 Å². The van der Waals surface area contributed by atoms with Crippen LogP contribution in [0.2, 0.25) is 0 Å². The van der Waals surface area contributed by atoms with Crippen molar-refractivity contribution < 1.29 is 13.9 Å². The van der Waals surface area contributed by atoms with Gasteiger partial charge < -0.3 is 9.64 Å². The highest BCUT2D eigenvalue weighted by Crippen LogP contribution is 2.18. The van der Waals surface area contributed by atoms with E-state index < -0.39 is 0 Å². The summed E-state index contributed by atoms with van der Waals surface area (Å²) in [5.74, 6) is 0.756. The molecule has 0 spiro atoms. The summed E-state index contributed by atoms with van der Waals surface area (Å²) in [7, 11) is 0. The van der Waals surface area contributed by atoms with Crippen molar-refractivity contribution >= 4 is 5.91 Å². The van der Waals surface area contributed by atoms with Gasteiger partial charge in [0.05, 0.1) is 13.0 Å². The van der Waals surface area contributed by atoms with E-state index in [-0.39, 0.29) is 24.2 Å². The molecule has 3 rings (SSSR count). The first kappa shape index (κ1) is 16.4. The second-order valence-corrected chi connectivity index (χ2v) is 5.93. The van der Waals surface area contributed by atoms with E-state index in [1.54, 1.807) is 42.3 Å². The molecule has 0 saturated carbocycles. The van der Waals surface area contributed by atoms with Crippen LogP contribution in [0.15, 0.2) is 36.5 Å². The molecule has 2 heterocycles. The number of amides is 1. The number of halogens is 1. The maximum absolute atomic E-state index is 13.7. The van der Waals surface area contributed by atoms with E-state index in [1.807, 2.05) is 0 Å². The summed E-state index contributed by atoms with van der Waals surface area (Å²) in [6.45, 7) is 2.98. The molecule has 126 valence electrons. The number of hydrogen-bond acceptors (Lipinski definition) is 4. The van der Waals surface area contributed by atoms with Crippen LogP contribution in [-0.4, -0.2) is 40.0 Å². The number of benzene rings is 1. The summed E-state index contributed by atoms with van der Waals surface area (Å²) in [5.41, 5.74) is 0.428. The molecule has 1 fully saturated rings. The van der Waals surface area contributed by atoms with Crippen molar-refractivity contribution in [2.24, 2.45) is 0 Å². The zero-order valence-corrected chi connectivity index (χ0v) is 13.6. The van der Waals surface area contributed by atoms with Crippen LogP contribution in [0, 0.1) is 12.7 Å². The van der Waals surface area contributed by atoms with Gasteiger partial charge in [-0.15, -0.1) is 0 Å². The molecule has 5 nitrogen and oxygen atoms in total. The minimum atomic E-state index is -0.341. The van der Waals surface area contributed by atoms with Gasteiger partial charge in [-0.25, -0.2) is 9.37 Å². The molecule has 6 heteroatoms. The number of aryl methyl sites for hydroxylation is 1. The molecule has 1 aromatic heterocycles. The molecular weight excluding hydrogens is 309 g/mol. The van der Waals surface area contributed by atoms with Gasteiger partial charge in [-0.2, -0.15) is 4.98 Å². The monoisotopic (exact) mass is 329 g/mol. The number of rotatable bonds is 4. The van der Waals surface area contributed by atoms with E-state index >= 15 is 0 Å². The average molecular weight is 329 g/mol. The van der Waals surface area contributed by atoms with Crippen molar-refractivity contribution in [2.75, 3.05) is 13.1 Å². The van der Waals surface area contributed by atoms with Crippen LogP contribution < -0.4 is 4.74 Å². The smallest absolute Gasteiger partial charge is 0.227 e. The van der Waals surface area contributed by atoms with E-state index in [9.17, 15) is 9.18 Å². The third-order valence-electron chi connectivity index (χ3n) is 4.07. The lowest BCUT2D eigenvalue weighted by Crippen LogP contribution is -2.45. The third-order valence-corrected chi connectivity index (χ3v) is 4.07. The van der Waals surface area contributed by atoms with Gasteiger partial charge >= 0.3 is 0 Å². The van der Waals surface area contributed by atoms with Gasteiger partial charge in [0.2, 0.25) is 11.8 Å². The zero-order valence-electron chi connectivity index (χ0n) is 13.6. The van der Waals surface area contributed by atoms with Crippen molar-refractivity contribution in [3.05, 3.63) is 53.7 Å². The molecule has 1 aliphatic heterocycles. The first-order chi connectivity index (χ1) is 11.6. The highest BCUT2D eigenvalue weighted by atomic mass is 19.1. The van der Waals surface area contributed by atoms with Gasteiger partial charge in [-0.1, -0.05) is 18.2 Å². The van der Waals surface area contributed by atoms with Crippen molar-refractivity contribution in [1.82, 2.24) is 14.9 Å². The van der Waals surface area contributed by atoms with Crippen LogP contribution in [0.25, 0.3) is 0 Å². The van der Waals surface area contributed by atoms with Crippen LogP contribution in [0.5, 0.6) is 5.88 Å². The number of carbonyl (C=O) groups excluding carboxylic acids is 1. The number of aromatic nitrogens is 2. The van der Waals surface area contributed by atoms with Crippen LogP contribution >= 0.6 is 0 Å². The Morgan fingerprint density at radius 3 is 3.00 bits per heavy atom. The summed E-state index contributed by atoms with van der Waals surface area (Å²) in [5, 5.41) is 0. The molecule has 1 amide bonds. The Morgan fingerprint density at radius 1 is 1.38 bits per heavy atom. The quantitative estimate of drug-likeness (QED) is 0.865. The lowest BCUT2D eigenvalue weighted by molar-refractivity contribution is -0.133. The molecule has 0 N–H and O–H groups in total. The molecule has 0 bridgehead atoms. The predicted octanol–water partition coefficient (Wildman–Crippen LogP) is 2.54. The van der Waals surface area contributed by atoms with Gasteiger partial charge in [0.15, 0.2) is 0 Å². The summed E-state index contributed by atoms with van der Waals surface area (Å²) in [4.78, 5) is 22.5. The SMILES string of the molecule is Cc1nccc(OC2CCCN(C(=O)Cc3ccccc3F)C2)n1. The molecule has 1 aromatic carbocycles. The molecule has 1 unspecified atom stereocenters. The Balaban J connectivity index is 1.60. The Morgan fingerprint density at radius 2 is 2.21 bits per heavy atom. The normalized spacial score (nSPS) is 17.6. The fourth-order valence-corrected chi connectivity index (χ4v) is 2.85. The minimum Gasteiger partial charge on any atom is -0.472 e. The summed E-state index contributed by atoms with van der Waals surface area (Å²) in [6.07, 6.45) is 3.36. The summed E-state index contributed by atoms with van der Waals surface area (Å²) < 4.78 is 19.6. The van der Waals surface area contributed by atoms with Crippen LogP contribution in [0.4, 0.5) is 4.39 Å². The highest BCUT2D eigenvalue weighted by molar-refractivity contribution is 5.79. The maximum atomic E-state index is 13.7. The lowest BCUT2D eigenvalue weighted by atomic mass is 10.1. The fraction of sp³-hybridized carbons (Fsp3) is 0.389. The molecule has 1 aliphatic rings. The number of carbonyl (C=O) groups is 1. The number of likely N-dealkylation sites (tertiary alicyclic amines) is 1. The predicted molar refractivity (Wildman–Crippen MR) is 87.1 cm³/mol. The molecule has 24 heavy (non-hydrogen) atoms. The Hall–Kier alpha value is -2.50. The zero-order chi connectivity index (χ0) is 16.9. The summed E-state index contributed by atoms with van der Waals surface area (Å²) >= 11 is 0. The first-order valence-corrected chi connectivity index (χ1v) is 8.09. The van der Waals surface area contributed by atoms with Gasteiger partial charge in [0.1, 0.15) is 17.7 Å². The highest BCUT2D eigenvalue weighted by Gasteiger charge is 2.25. The van der Waals surface area contributed by atoms with Crippen molar-refractivity contribution in [1.29, 1.82) is 0 Å². The Labute approximate surface area is 140 Å². The van der Waals surface area contributed by atoms with Crippen molar-refractivity contribution in [3.63, 3.8) is 0 Å². The van der Waals surface area contributed by atoms with Crippen LogP contribution in [0.1, 0.15) is 24.2 Å². The van der Waals surface area contributed by atoms with E-state index in [2.05, 4.69) is 9.97 Å². The third kappa shape index (κ3) is 4.07.